The van der Waals surface area contributed by atoms with E-state index < -0.39 is 0 Å². The zero-order valence-electron chi connectivity index (χ0n) is 28.6. The SMILES string of the molecule is Nc1ccc(OCCOCCOCCOCCOCCOCCOCCOCCOCCOCCOCCOC(=O)c2ccccc2)cc1. The molecule has 0 saturated carbocycles. The molecule has 0 aromatic heterocycles. The highest BCUT2D eigenvalue weighted by Crippen LogP contribution is 2.12. The summed E-state index contributed by atoms with van der Waals surface area (Å²) < 4.78 is 65.3. The van der Waals surface area contributed by atoms with Gasteiger partial charge in [0.25, 0.3) is 0 Å². The van der Waals surface area contributed by atoms with Crippen LogP contribution >= 0.6 is 0 Å². The summed E-state index contributed by atoms with van der Waals surface area (Å²) in [7, 11) is 0. The lowest BCUT2D eigenvalue weighted by Crippen LogP contribution is -2.15. The first-order chi connectivity index (χ1) is 24.3. The number of ether oxygens (including phenoxy) is 12. The van der Waals surface area contributed by atoms with E-state index >= 15 is 0 Å². The standard InChI is InChI=1S/C35H55NO13/c36-33-6-8-34(9-7-33)48-30-28-46-26-24-44-22-20-42-18-16-40-14-12-38-10-11-39-13-15-41-17-19-43-21-23-45-25-27-47-29-31-49-35(37)32-4-2-1-3-5-32/h1-9H,10-31,36H2. The highest BCUT2D eigenvalue weighted by atomic mass is 16.6. The summed E-state index contributed by atoms with van der Waals surface area (Å²) in [6.07, 6.45) is 0. The van der Waals surface area contributed by atoms with E-state index in [-0.39, 0.29) is 12.6 Å². The van der Waals surface area contributed by atoms with Gasteiger partial charge in [0.2, 0.25) is 0 Å². The van der Waals surface area contributed by atoms with E-state index in [1.165, 1.54) is 0 Å². The predicted octanol–water partition coefficient (Wildman–Crippen LogP) is 2.67. The third-order valence-electron chi connectivity index (χ3n) is 6.19. The number of hydrogen-bond donors (Lipinski definition) is 1. The number of nitrogens with two attached hydrogens (primary N) is 1. The number of rotatable bonds is 35. The van der Waals surface area contributed by atoms with Gasteiger partial charge in [0.05, 0.1) is 138 Å². The smallest absolute Gasteiger partial charge is 0.338 e. The molecule has 0 amide bonds. The van der Waals surface area contributed by atoms with Gasteiger partial charge in [-0.25, -0.2) is 4.79 Å². The molecule has 278 valence electrons. The van der Waals surface area contributed by atoms with Crippen LogP contribution in [0.2, 0.25) is 0 Å². The average molecular weight is 698 g/mol. The molecule has 0 unspecified atom stereocenters. The third-order valence-corrected chi connectivity index (χ3v) is 6.19. The first-order valence-corrected chi connectivity index (χ1v) is 16.7. The molecule has 0 aliphatic rings. The average Bonchev–Trinajstić information content (AvgIpc) is 3.12. The molecule has 2 N–H and O–H groups in total. The molecule has 14 nitrogen and oxygen atoms in total. The summed E-state index contributed by atoms with van der Waals surface area (Å²) in [5.41, 5.74) is 6.87. The lowest BCUT2D eigenvalue weighted by atomic mass is 10.2. The summed E-state index contributed by atoms with van der Waals surface area (Å²) in [5, 5.41) is 0. The molecule has 2 rings (SSSR count). The van der Waals surface area contributed by atoms with Crippen LogP contribution in [0.3, 0.4) is 0 Å². The van der Waals surface area contributed by atoms with Crippen molar-refractivity contribution in [2.75, 3.05) is 151 Å². The molecule has 0 heterocycles. The van der Waals surface area contributed by atoms with Gasteiger partial charge in [0, 0.05) is 5.69 Å². The Bertz CT molecular complexity index is 1000. The van der Waals surface area contributed by atoms with Crippen LogP contribution in [0.5, 0.6) is 5.75 Å². The second-order valence-corrected chi connectivity index (χ2v) is 10.0. The maximum Gasteiger partial charge on any atom is 0.338 e. The molecule has 0 aliphatic heterocycles. The fraction of sp³-hybridized carbons (Fsp3) is 0.629. The molecular formula is C35H55NO13. The van der Waals surface area contributed by atoms with Gasteiger partial charge in [-0.05, 0) is 36.4 Å². The van der Waals surface area contributed by atoms with Gasteiger partial charge in [0.1, 0.15) is 19.0 Å². The van der Waals surface area contributed by atoms with Gasteiger partial charge in [-0.2, -0.15) is 0 Å². The zero-order chi connectivity index (χ0) is 34.7. The van der Waals surface area contributed by atoms with Crippen LogP contribution in [0.25, 0.3) is 0 Å². The minimum Gasteiger partial charge on any atom is -0.491 e. The number of hydrogen-bond acceptors (Lipinski definition) is 14. The predicted molar refractivity (Wildman–Crippen MR) is 181 cm³/mol. The second-order valence-electron chi connectivity index (χ2n) is 10.0. The van der Waals surface area contributed by atoms with Crippen molar-refractivity contribution in [2.45, 2.75) is 0 Å². The molecule has 0 saturated heterocycles. The molecule has 0 spiro atoms. The van der Waals surface area contributed by atoms with Crippen molar-refractivity contribution >= 4 is 11.7 Å². The van der Waals surface area contributed by atoms with Gasteiger partial charge in [-0.1, -0.05) is 18.2 Å². The molecule has 0 atom stereocenters. The Hall–Kier alpha value is -2.89. The summed E-state index contributed by atoms with van der Waals surface area (Å²) in [6, 6.07) is 16.1. The Morgan fingerprint density at radius 2 is 0.694 bits per heavy atom. The summed E-state index contributed by atoms with van der Waals surface area (Å²) in [6.45, 7) is 10.2. The first-order valence-electron chi connectivity index (χ1n) is 16.7. The number of anilines is 1. The maximum absolute atomic E-state index is 11.8. The van der Waals surface area contributed by atoms with Crippen LogP contribution in [0, 0.1) is 0 Å². The van der Waals surface area contributed by atoms with E-state index in [1.54, 1.807) is 36.4 Å². The van der Waals surface area contributed by atoms with E-state index in [1.807, 2.05) is 18.2 Å². The highest BCUT2D eigenvalue weighted by molar-refractivity contribution is 5.89. The van der Waals surface area contributed by atoms with Crippen LogP contribution in [0.1, 0.15) is 10.4 Å². The number of carbonyl (C=O) groups is 1. The highest BCUT2D eigenvalue weighted by Gasteiger charge is 2.05. The Kier molecular flexibility index (Phi) is 27.9. The first kappa shape index (κ1) is 42.3. The van der Waals surface area contributed by atoms with E-state index in [9.17, 15) is 4.79 Å². The van der Waals surface area contributed by atoms with Gasteiger partial charge in [0.15, 0.2) is 0 Å². The van der Waals surface area contributed by atoms with Crippen LogP contribution in [-0.2, 0) is 52.1 Å². The van der Waals surface area contributed by atoms with Gasteiger partial charge in [-0.15, -0.1) is 0 Å². The van der Waals surface area contributed by atoms with Gasteiger partial charge >= 0.3 is 5.97 Å². The van der Waals surface area contributed by atoms with Crippen molar-refractivity contribution in [3.63, 3.8) is 0 Å². The van der Waals surface area contributed by atoms with E-state index in [2.05, 4.69) is 0 Å². The molecule has 2 aromatic rings. The molecule has 49 heavy (non-hydrogen) atoms. The quantitative estimate of drug-likeness (QED) is 0.0638. The van der Waals surface area contributed by atoms with Gasteiger partial charge < -0.3 is 62.6 Å². The molecule has 0 fully saturated rings. The van der Waals surface area contributed by atoms with Gasteiger partial charge in [-0.3, -0.25) is 0 Å². The van der Waals surface area contributed by atoms with Crippen molar-refractivity contribution in [2.24, 2.45) is 0 Å². The molecule has 0 aliphatic carbocycles. The molecule has 14 heteroatoms. The van der Waals surface area contributed by atoms with Crippen molar-refractivity contribution in [3.05, 3.63) is 60.2 Å². The Morgan fingerprint density at radius 1 is 0.388 bits per heavy atom. The second kappa shape index (κ2) is 32.3. The van der Waals surface area contributed by atoms with E-state index in [0.717, 1.165) is 5.75 Å². The third kappa shape index (κ3) is 26.6. The maximum atomic E-state index is 11.8. The fourth-order valence-electron chi connectivity index (χ4n) is 3.71. The van der Waals surface area contributed by atoms with Crippen molar-refractivity contribution in [1.29, 1.82) is 0 Å². The minimum absolute atomic E-state index is 0.200. The monoisotopic (exact) mass is 697 g/mol. The Balaban J connectivity index is 1.15. The lowest BCUT2D eigenvalue weighted by Gasteiger charge is -2.09. The van der Waals surface area contributed by atoms with E-state index in [0.29, 0.717) is 150 Å². The largest absolute Gasteiger partial charge is 0.491 e. The van der Waals surface area contributed by atoms with Crippen LogP contribution < -0.4 is 10.5 Å². The van der Waals surface area contributed by atoms with Crippen molar-refractivity contribution < 1.29 is 61.6 Å². The van der Waals surface area contributed by atoms with Crippen LogP contribution in [-0.4, -0.2) is 151 Å². The van der Waals surface area contributed by atoms with Crippen molar-refractivity contribution in [1.82, 2.24) is 0 Å². The normalized spacial score (nSPS) is 11.2. The molecule has 0 radical (unpaired) electrons. The molecular weight excluding hydrogens is 642 g/mol. The van der Waals surface area contributed by atoms with E-state index in [4.69, 9.17) is 62.6 Å². The number of carbonyl (C=O) groups excluding carboxylic acids is 1. The molecule has 0 bridgehead atoms. The van der Waals surface area contributed by atoms with Crippen LogP contribution in [0.4, 0.5) is 5.69 Å². The Labute approximate surface area is 290 Å². The number of nitrogen functional groups attached to an aromatic ring is 1. The minimum atomic E-state index is -0.358. The summed E-state index contributed by atoms with van der Waals surface area (Å²) >= 11 is 0. The fourth-order valence-corrected chi connectivity index (χ4v) is 3.71. The summed E-state index contributed by atoms with van der Waals surface area (Å²) in [4.78, 5) is 11.8. The lowest BCUT2D eigenvalue weighted by molar-refractivity contribution is -0.0273. The number of benzene rings is 2. The topological polar surface area (TPSA) is 154 Å². The Morgan fingerprint density at radius 3 is 1.04 bits per heavy atom. The van der Waals surface area contributed by atoms with Crippen molar-refractivity contribution in [3.8, 4) is 5.75 Å². The molecule has 2 aromatic carbocycles. The zero-order valence-corrected chi connectivity index (χ0v) is 28.6. The van der Waals surface area contributed by atoms with Crippen LogP contribution in [0.15, 0.2) is 54.6 Å². The summed E-state index contributed by atoms with van der Waals surface area (Å²) in [5.74, 6) is 0.410. The number of esters is 1.